The molecule has 1 aromatic heterocycles. The zero-order valence-corrected chi connectivity index (χ0v) is 52.7. The van der Waals surface area contributed by atoms with Crippen molar-refractivity contribution in [2.24, 2.45) is 11.3 Å². The van der Waals surface area contributed by atoms with Gasteiger partial charge in [-0.1, -0.05) is 67.5 Å². The number of hydrogen-bond donors (Lipinski definition) is 4. The number of ketones is 2. The SMILES string of the molecule is CC.CCCN(N)/C=C(\C)Nc1cc(N2CCC3(CC2)CN(c2cc(F)c(CN4CCC(C)(C)CC4)cc2F)CC(=O)N3)ncn1.CCCNc1cccc(C=O)c1C(=O)N(C)C(CCC(C)=O)C(C)=O.CCCOCCOCCOCCC. The highest BCUT2D eigenvalue weighted by Crippen LogP contribution is 2.35. The number of amides is 2. The number of nitrogens with two attached hydrogens (primary N) is 1. The maximum atomic E-state index is 15.5. The number of aldehydes is 1. The molecule has 21 heteroatoms. The molecule has 6 rings (SSSR count). The summed E-state index contributed by atoms with van der Waals surface area (Å²) in [6.45, 7) is 31.2. The van der Waals surface area contributed by atoms with E-state index in [1.54, 1.807) is 28.1 Å². The number of nitrogens with zero attached hydrogens (tertiary/aromatic N) is 7. The minimum absolute atomic E-state index is 0.00529. The molecule has 0 bridgehead atoms. The third kappa shape index (κ3) is 24.5. The number of piperazine rings is 1. The van der Waals surface area contributed by atoms with Gasteiger partial charge in [0, 0.05) is 107 Å². The van der Waals surface area contributed by atoms with Gasteiger partial charge in [0.05, 0.1) is 55.8 Å². The first-order chi connectivity index (χ1) is 40.2. The highest BCUT2D eigenvalue weighted by Gasteiger charge is 2.42. The van der Waals surface area contributed by atoms with Crippen LogP contribution >= 0.6 is 0 Å². The van der Waals surface area contributed by atoms with Crippen molar-refractivity contribution in [1.29, 1.82) is 0 Å². The summed E-state index contributed by atoms with van der Waals surface area (Å²) in [6.07, 6.45) is 11.8. The first kappa shape index (κ1) is 72.1. The molecule has 3 aliphatic rings. The Morgan fingerprint density at radius 2 is 1.46 bits per heavy atom. The van der Waals surface area contributed by atoms with Crippen LogP contribution in [-0.2, 0) is 35.1 Å². The van der Waals surface area contributed by atoms with Crippen molar-refractivity contribution in [3.63, 3.8) is 0 Å². The Morgan fingerprint density at radius 3 is 2.04 bits per heavy atom. The fourth-order valence-corrected chi connectivity index (χ4v) is 9.95. The number of rotatable bonds is 29. The van der Waals surface area contributed by atoms with Crippen molar-refractivity contribution in [2.75, 3.05) is 119 Å². The fraction of sp³-hybridized carbons (Fsp3) is 0.635. The van der Waals surface area contributed by atoms with Gasteiger partial charge in [0.1, 0.15) is 35.4 Å². The number of carbonyl (C=O) groups is 5. The van der Waals surface area contributed by atoms with Gasteiger partial charge in [0.15, 0.2) is 12.1 Å². The number of ether oxygens (including phenoxy) is 3. The summed E-state index contributed by atoms with van der Waals surface area (Å²) in [5.41, 5.74) is 2.21. The van der Waals surface area contributed by atoms with E-state index in [1.807, 2.05) is 40.0 Å². The second-order valence-corrected chi connectivity index (χ2v) is 22.4. The second-order valence-electron chi connectivity index (χ2n) is 22.4. The zero-order chi connectivity index (χ0) is 62.2. The highest BCUT2D eigenvalue weighted by molar-refractivity contribution is 6.07. The molecule has 3 aromatic rings. The number of benzene rings is 2. The number of likely N-dealkylation sites (tertiary alicyclic amines) is 1. The Labute approximate surface area is 500 Å². The van der Waals surface area contributed by atoms with E-state index in [-0.39, 0.29) is 59.1 Å². The van der Waals surface area contributed by atoms with Gasteiger partial charge >= 0.3 is 0 Å². The number of piperidine rings is 2. The van der Waals surface area contributed by atoms with Gasteiger partial charge in [-0.15, -0.1) is 0 Å². The number of nitrogens with one attached hydrogen (secondary N) is 3. The molecule has 3 saturated heterocycles. The van der Waals surface area contributed by atoms with Crippen LogP contribution in [0.5, 0.6) is 0 Å². The predicted molar refractivity (Wildman–Crippen MR) is 331 cm³/mol. The maximum Gasteiger partial charge on any atom is 0.257 e. The van der Waals surface area contributed by atoms with Gasteiger partial charge in [-0.05, 0) is 109 Å². The van der Waals surface area contributed by atoms with E-state index in [0.717, 1.165) is 82.9 Å². The Kier molecular flexibility index (Phi) is 32.7. The molecule has 84 heavy (non-hydrogen) atoms. The van der Waals surface area contributed by atoms with Crippen molar-refractivity contribution in [2.45, 2.75) is 158 Å². The van der Waals surface area contributed by atoms with Crippen LogP contribution in [0.4, 0.5) is 31.8 Å². The maximum absolute atomic E-state index is 15.5. The third-order valence-corrected chi connectivity index (χ3v) is 14.6. The quantitative estimate of drug-likeness (QED) is 0.0220. The van der Waals surface area contributed by atoms with Gasteiger partial charge < -0.3 is 54.7 Å². The van der Waals surface area contributed by atoms with Gasteiger partial charge in [0.25, 0.3) is 5.91 Å². The number of halogens is 2. The number of carbonyl (C=O) groups excluding carboxylic acids is 5. The summed E-state index contributed by atoms with van der Waals surface area (Å²) < 4.78 is 46.6. The lowest BCUT2D eigenvalue weighted by Gasteiger charge is -2.48. The topological polar surface area (TPSA) is 217 Å². The van der Waals surface area contributed by atoms with Crippen LogP contribution in [0.15, 0.2) is 54.6 Å². The molecule has 2 amide bonds. The molecule has 1 atom stereocenters. The van der Waals surface area contributed by atoms with E-state index in [2.05, 4.69) is 70.3 Å². The summed E-state index contributed by atoms with van der Waals surface area (Å²) in [4.78, 5) is 76.6. The van der Waals surface area contributed by atoms with Gasteiger partial charge in [-0.2, -0.15) is 0 Å². The largest absolute Gasteiger partial charge is 0.384 e. The minimum atomic E-state index is -0.699. The number of anilines is 4. The summed E-state index contributed by atoms with van der Waals surface area (Å²) in [5, 5.41) is 11.2. The number of aromatic nitrogens is 2. The molecule has 19 nitrogen and oxygen atoms in total. The summed E-state index contributed by atoms with van der Waals surface area (Å²) in [5.74, 6) is 5.68. The van der Waals surface area contributed by atoms with Crippen molar-refractivity contribution in [3.05, 3.63) is 82.9 Å². The molecule has 1 unspecified atom stereocenters. The summed E-state index contributed by atoms with van der Waals surface area (Å²) in [7, 11) is 1.53. The van der Waals surface area contributed by atoms with E-state index < -0.39 is 29.1 Å². The van der Waals surface area contributed by atoms with Crippen molar-refractivity contribution in [3.8, 4) is 0 Å². The van der Waals surface area contributed by atoms with Crippen LogP contribution < -0.4 is 31.6 Å². The van der Waals surface area contributed by atoms with Crippen LogP contribution in [0, 0.1) is 17.0 Å². The lowest BCUT2D eigenvalue weighted by molar-refractivity contribution is -0.124. The van der Waals surface area contributed by atoms with Gasteiger partial charge in [-0.3, -0.25) is 24.1 Å². The van der Waals surface area contributed by atoms with Crippen molar-refractivity contribution in [1.82, 2.24) is 30.1 Å². The Hall–Kier alpha value is -6.13. The van der Waals surface area contributed by atoms with Crippen LogP contribution in [0.3, 0.4) is 0 Å². The number of likely N-dealkylation sites (N-methyl/N-ethyl adjacent to an activating group) is 1. The first-order valence-electron chi connectivity index (χ1n) is 30.3. The van der Waals surface area contributed by atoms with Crippen LogP contribution in [0.25, 0.3) is 0 Å². The number of allylic oxidation sites excluding steroid dienone is 1. The first-order valence-corrected chi connectivity index (χ1v) is 30.3. The monoisotopic (exact) mass is 1180 g/mol. The standard InChI is InChI=1S/C32H47F2N9O.C19H26N2O4.C10H22O3.C2H6/c1-5-10-43(35)18-23(2)38-28-17-29(37-22-36-28)41-13-8-32(9-14-41)21-42(20-30(44)39-32)27-16-25(33)24(15-26(27)34)19-40-11-6-31(3,4)7-12-40;1-5-11-20-16-8-6-7-15(12-22)18(16)19(25)21(4)17(14(3)24)10-9-13(2)23;1-3-5-11-7-9-13-10-8-12-6-4-2;1-2/h15-18,22H,5-14,19-21,35H2,1-4H3,(H,39,44)(H,36,37,38);6-8,12,17,20H,5,9-11H2,1-4H3;3-10H2,1-2H3;1-2H3/b23-18+;;;. The second kappa shape index (κ2) is 38.0. The number of Topliss-reactive ketones (excluding diaryl/α,β-unsaturated/α-hetero) is 2. The molecule has 0 radical (unpaired) electrons. The zero-order valence-electron chi connectivity index (χ0n) is 52.7. The number of hydrazine groups is 1. The van der Waals surface area contributed by atoms with Gasteiger partial charge in [-0.25, -0.2) is 24.6 Å². The van der Waals surface area contributed by atoms with E-state index in [0.29, 0.717) is 95.3 Å². The average Bonchev–Trinajstić information content (AvgIpc) is 1.79. The Balaban J connectivity index is 0.000000388. The van der Waals surface area contributed by atoms with Crippen LogP contribution in [0.2, 0.25) is 0 Å². The molecular weight excluding hydrogens is 1080 g/mol. The molecule has 1 spiro atoms. The highest BCUT2D eigenvalue weighted by atomic mass is 19.1. The molecule has 3 aliphatic heterocycles. The van der Waals surface area contributed by atoms with Crippen LogP contribution in [0.1, 0.15) is 167 Å². The normalized spacial score (nSPS) is 15.9. The molecule has 0 saturated carbocycles. The van der Waals surface area contributed by atoms with E-state index in [9.17, 15) is 24.0 Å². The van der Waals surface area contributed by atoms with Crippen molar-refractivity contribution < 1.29 is 47.0 Å². The lowest BCUT2D eigenvalue weighted by atomic mass is 9.82. The van der Waals surface area contributed by atoms with Gasteiger partial charge in [0.2, 0.25) is 5.91 Å². The Bertz CT molecular complexity index is 2510. The summed E-state index contributed by atoms with van der Waals surface area (Å²) in [6, 6.07) is 8.81. The molecule has 2 aromatic carbocycles. The third-order valence-electron chi connectivity index (χ3n) is 14.6. The Morgan fingerprint density at radius 1 is 0.833 bits per heavy atom. The molecule has 3 fully saturated rings. The molecule has 4 heterocycles. The van der Waals surface area contributed by atoms with E-state index >= 15 is 8.78 Å². The van der Waals surface area contributed by atoms with E-state index in [1.165, 1.54) is 44.3 Å². The molecule has 5 N–H and O–H groups in total. The predicted octanol–water partition coefficient (Wildman–Crippen LogP) is 9.81. The lowest BCUT2D eigenvalue weighted by Crippen LogP contribution is -2.66. The van der Waals surface area contributed by atoms with Crippen molar-refractivity contribution >= 4 is 52.7 Å². The molecular formula is C63H101F2N11O8. The van der Waals surface area contributed by atoms with E-state index in [4.69, 9.17) is 20.1 Å². The number of hydrogen-bond acceptors (Lipinski definition) is 17. The average molecular weight is 1180 g/mol. The fourth-order valence-electron chi connectivity index (χ4n) is 9.95. The van der Waals surface area contributed by atoms with Crippen LogP contribution in [-0.4, -0.2) is 165 Å². The minimum Gasteiger partial charge on any atom is -0.384 e. The smallest absolute Gasteiger partial charge is 0.257 e. The molecule has 0 aliphatic carbocycles. The summed E-state index contributed by atoms with van der Waals surface area (Å²) >= 11 is 0. The molecule has 470 valence electrons.